The summed E-state index contributed by atoms with van der Waals surface area (Å²) in [6.07, 6.45) is 2.81. The van der Waals surface area contributed by atoms with E-state index in [0.717, 1.165) is 0 Å². The van der Waals surface area contributed by atoms with Crippen LogP contribution in [-0.2, 0) is 0 Å². The van der Waals surface area contributed by atoms with Gasteiger partial charge in [-0.15, -0.1) is 0 Å². The molecule has 0 aromatic rings. The number of likely N-dealkylation sites (N-methyl/N-ethyl adjacent to an activating group) is 1. The maximum atomic E-state index is 3.41. The van der Waals surface area contributed by atoms with Gasteiger partial charge < -0.3 is 10.2 Å². The molecule has 2 heterocycles. The van der Waals surface area contributed by atoms with Crippen LogP contribution >= 0.6 is 0 Å². The Kier molecular flexibility index (Phi) is 2.58. The van der Waals surface area contributed by atoms with E-state index >= 15 is 0 Å². The van der Waals surface area contributed by atoms with Crippen LogP contribution in [0.3, 0.4) is 0 Å². The van der Waals surface area contributed by atoms with E-state index in [-0.39, 0.29) is 0 Å². The summed E-state index contributed by atoms with van der Waals surface area (Å²) in [5.41, 5.74) is 0.565. The Morgan fingerprint density at radius 2 is 2.15 bits per heavy atom. The van der Waals surface area contributed by atoms with Crippen LogP contribution in [0.25, 0.3) is 0 Å². The van der Waals surface area contributed by atoms with Crippen LogP contribution in [0.15, 0.2) is 0 Å². The molecule has 76 valence electrons. The highest BCUT2D eigenvalue weighted by Gasteiger charge is 2.45. The summed E-state index contributed by atoms with van der Waals surface area (Å²) in [7, 11) is 4.31. The Balaban J connectivity index is 1.84. The Morgan fingerprint density at radius 1 is 1.38 bits per heavy atom. The van der Waals surface area contributed by atoms with E-state index in [1.165, 1.54) is 45.6 Å². The monoisotopic (exact) mass is 183 g/mol. The number of hydrogen-bond donors (Lipinski definition) is 1. The van der Waals surface area contributed by atoms with Crippen LogP contribution in [0.4, 0.5) is 0 Å². The molecule has 0 bridgehead atoms. The number of rotatable bonds is 3. The summed E-state index contributed by atoms with van der Waals surface area (Å²) in [5, 5.41) is 3.41. The van der Waals surface area contributed by atoms with Gasteiger partial charge in [0.05, 0.1) is 0 Å². The van der Waals surface area contributed by atoms with Gasteiger partial charge >= 0.3 is 0 Å². The second kappa shape index (κ2) is 3.56. The van der Waals surface area contributed by atoms with Crippen molar-refractivity contribution in [3.63, 3.8) is 0 Å². The fourth-order valence-corrected chi connectivity index (χ4v) is 2.48. The minimum atomic E-state index is 0.565. The Hall–Kier alpha value is -0.120. The van der Waals surface area contributed by atoms with Crippen molar-refractivity contribution >= 4 is 0 Å². The Labute approximate surface area is 81.1 Å². The van der Waals surface area contributed by atoms with Crippen LogP contribution < -0.4 is 5.32 Å². The third-order valence-corrected chi connectivity index (χ3v) is 3.47. The molecule has 2 aliphatic heterocycles. The molecule has 2 fully saturated rings. The first-order chi connectivity index (χ1) is 6.23. The molecule has 0 aromatic carbocycles. The summed E-state index contributed by atoms with van der Waals surface area (Å²) >= 11 is 0. The molecule has 2 saturated heterocycles. The molecule has 0 unspecified atom stereocenters. The maximum absolute atomic E-state index is 3.41. The zero-order valence-corrected chi connectivity index (χ0v) is 8.84. The van der Waals surface area contributed by atoms with E-state index in [1.807, 2.05) is 0 Å². The fourth-order valence-electron chi connectivity index (χ4n) is 2.48. The van der Waals surface area contributed by atoms with Crippen LogP contribution in [-0.4, -0.2) is 62.2 Å². The minimum absolute atomic E-state index is 0.565. The largest absolute Gasteiger partial charge is 0.313 e. The number of nitrogens with zero attached hydrogens (tertiary/aromatic N) is 2. The highest BCUT2D eigenvalue weighted by atomic mass is 15.3. The summed E-state index contributed by atoms with van der Waals surface area (Å²) in [5.74, 6) is 0. The van der Waals surface area contributed by atoms with Crippen LogP contribution in [0.5, 0.6) is 0 Å². The summed E-state index contributed by atoms with van der Waals surface area (Å²) in [4.78, 5) is 4.96. The van der Waals surface area contributed by atoms with E-state index in [2.05, 4.69) is 29.2 Å². The average molecular weight is 183 g/mol. The predicted molar refractivity (Wildman–Crippen MR) is 55.0 cm³/mol. The van der Waals surface area contributed by atoms with E-state index in [4.69, 9.17) is 0 Å². The molecule has 2 rings (SSSR count). The van der Waals surface area contributed by atoms with Crippen molar-refractivity contribution in [3.8, 4) is 0 Å². The van der Waals surface area contributed by atoms with Crippen LogP contribution in [0.2, 0.25) is 0 Å². The lowest BCUT2D eigenvalue weighted by molar-refractivity contribution is 0.0733. The Bertz CT molecular complexity index is 175. The lowest BCUT2D eigenvalue weighted by Gasteiger charge is -2.46. The number of likely N-dealkylation sites (tertiary alicyclic amines) is 1. The van der Waals surface area contributed by atoms with Gasteiger partial charge in [-0.05, 0) is 33.5 Å². The summed E-state index contributed by atoms with van der Waals surface area (Å²) < 4.78 is 0. The van der Waals surface area contributed by atoms with Crippen molar-refractivity contribution in [3.05, 3.63) is 0 Å². The fraction of sp³-hybridized carbons (Fsp3) is 1.00. The van der Waals surface area contributed by atoms with Gasteiger partial charge in [0.25, 0.3) is 0 Å². The molecule has 0 aliphatic carbocycles. The van der Waals surface area contributed by atoms with Crippen molar-refractivity contribution < 1.29 is 0 Å². The second-order valence-electron chi connectivity index (χ2n) is 4.72. The standard InChI is InChI=1S/C10H21N3/c1-12(2)6-7-13-5-3-4-10(13)8-11-9-10/h11H,3-9H2,1-2H3. The van der Waals surface area contributed by atoms with E-state index in [0.29, 0.717) is 5.54 Å². The molecule has 1 N–H and O–H groups in total. The van der Waals surface area contributed by atoms with Gasteiger partial charge in [0, 0.05) is 31.7 Å². The molecule has 0 amide bonds. The van der Waals surface area contributed by atoms with Gasteiger partial charge in [-0.2, -0.15) is 0 Å². The Morgan fingerprint density at radius 3 is 2.69 bits per heavy atom. The summed E-state index contributed by atoms with van der Waals surface area (Å²) in [6, 6.07) is 0. The molecular formula is C10H21N3. The molecule has 0 saturated carbocycles. The molecular weight excluding hydrogens is 162 g/mol. The maximum Gasteiger partial charge on any atom is 0.0459 e. The van der Waals surface area contributed by atoms with Crippen molar-refractivity contribution in [2.24, 2.45) is 0 Å². The van der Waals surface area contributed by atoms with Crippen LogP contribution in [0.1, 0.15) is 12.8 Å². The zero-order chi connectivity index (χ0) is 9.31. The molecule has 3 heteroatoms. The van der Waals surface area contributed by atoms with Gasteiger partial charge in [-0.25, -0.2) is 0 Å². The van der Waals surface area contributed by atoms with Gasteiger partial charge in [0.2, 0.25) is 0 Å². The first kappa shape index (κ1) is 9.44. The van der Waals surface area contributed by atoms with E-state index in [1.54, 1.807) is 0 Å². The molecule has 0 aromatic heterocycles. The second-order valence-corrected chi connectivity index (χ2v) is 4.72. The topological polar surface area (TPSA) is 18.5 Å². The zero-order valence-electron chi connectivity index (χ0n) is 8.84. The van der Waals surface area contributed by atoms with Gasteiger partial charge in [0.1, 0.15) is 0 Å². The normalized spacial score (nSPS) is 27.0. The van der Waals surface area contributed by atoms with Crippen molar-refractivity contribution in [2.45, 2.75) is 18.4 Å². The smallest absolute Gasteiger partial charge is 0.0459 e. The first-order valence-corrected chi connectivity index (χ1v) is 5.33. The number of nitrogens with one attached hydrogen (secondary N) is 1. The van der Waals surface area contributed by atoms with Crippen molar-refractivity contribution in [2.75, 3.05) is 46.8 Å². The summed E-state index contributed by atoms with van der Waals surface area (Å²) in [6.45, 7) is 6.20. The SMILES string of the molecule is CN(C)CCN1CCCC12CNC2. The van der Waals surface area contributed by atoms with Crippen LogP contribution in [0, 0.1) is 0 Å². The third-order valence-electron chi connectivity index (χ3n) is 3.47. The quantitative estimate of drug-likeness (QED) is 0.664. The predicted octanol–water partition coefficient (Wildman–Crippen LogP) is -0.0142. The van der Waals surface area contributed by atoms with Gasteiger partial charge in [0.15, 0.2) is 0 Å². The molecule has 13 heavy (non-hydrogen) atoms. The molecule has 1 spiro atoms. The average Bonchev–Trinajstić information content (AvgIpc) is 2.42. The van der Waals surface area contributed by atoms with E-state index in [9.17, 15) is 0 Å². The highest BCUT2D eigenvalue weighted by molar-refractivity contribution is 5.05. The highest BCUT2D eigenvalue weighted by Crippen LogP contribution is 2.32. The van der Waals surface area contributed by atoms with E-state index < -0.39 is 0 Å². The number of hydrogen-bond acceptors (Lipinski definition) is 3. The van der Waals surface area contributed by atoms with Crippen molar-refractivity contribution in [1.29, 1.82) is 0 Å². The lowest BCUT2D eigenvalue weighted by atomic mass is 9.89. The first-order valence-electron chi connectivity index (χ1n) is 5.33. The van der Waals surface area contributed by atoms with Crippen molar-refractivity contribution in [1.82, 2.24) is 15.1 Å². The molecule has 2 aliphatic rings. The molecule has 0 atom stereocenters. The van der Waals surface area contributed by atoms with Gasteiger partial charge in [-0.3, -0.25) is 4.90 Å². The minimum Gasteiger partial charge on any atom is -0.313 e. The third kappa shape index (κ3) is 1.73. The molecule has 0 radical (unpaired) electrons. The van der Waals surface area contributed by atoms with Gasteiger partial charge in [-0.1, -0.05) is 0 Å². The molecule has 3 nitrogen and oxygen atoms in total. The lowest BCUT2D eigenvalue weighted by Crippen LogP contribution is -2.66.